The van der Waals surface area contributed by atoms with Crippen LogP contribution in [0.4, 0.5) is 0 Å². The van der Waals surface area contributed by atoms with Gasteiger partial charge in [-0.3, -0.25) is 0 Å². The van der Waals surface area contributed by atoms with Crippen molar-refractivity contribution in [2.45, 2.75) is 61.8 Å². The van der Waals surface area contributed by atoms with Gasteiger partial charge in [-0.15, -0.1) is 0 Å². The van der Waals surface area contributed by atoms with Crippen molar-refractivity contribution in [2.75, 3.05) is 39.3 Å². The lowest BCUT2D eigenvalue weighted by Gasteiger charge is -2.29. The van der Waals surface area contributed by atoms with Crippen molar-refractivity contribution in [3.63, 3.8) is 0 Å². The Morgan fingerprint density at radius 1 is 0.476 bits per heavy atom. The first-order valence-corrected chi connectivity index (χ1v) is 9.15. The van der Waals surface area contributed by atoms with Gasteiger partial charge in [-0.1, -0.05) is 55.4 Å². The molecule has 0 aliphatic carbocycles. The highest BCUT2D eigenvalue weighted by Crippen LogP contribution is 2.08. The summed E-state index contributed by atoms with van der Waals surface area (Å²) in [5, 5.41) is 0. The summed E-state index contributed by atoms with van der Waals surface area (Å²) in [5.74, 6) is 3.08. The molecule has 0 heterocycles. The Kier molecular flexibility index (Phi) is 11.4. The fourth-order valence-electron chi connectivity index (χ4n) is 3.10. The van der Waals surface area contributed by atoms with Crippen molar-refractivity contribution >= 4 is 0 Å². The molecule has 0 amide bonds. The number of hydrogen-bond acceptors (Lipinski definition) is 2. The van der Waals surface area contributed by atoms with Crippen molar-refractivity contribution < 1.29 is 0 Å². The summed E-state index contributed by atoms with van der Waals surface area (Å²) in [6.07, 6.45) is 1.30. The summed E-state index contributed by atoms with van der Waals surface area (Å²) >= 11 is 0. The van der Waals surface area contributed by atoms with E-state index in [1.54, 1.807) is 0 Å². The SMILES string of the molecule is CC(C)CN(CCCN(CC(C)C)CC(C)C)CC(C)C. The van der Waals surface area contributed by atoms with Crippen LogP contribution in [-0.4, -0.2) is 49.1 Å². The maximum absolute atomic E-state index is 2.66. The zero-order valence-electron chi connectivity index (χ0n) is 16.2. The van der Waals surface area contributed by atoms with Gasteiger partial charge in [0.25, 0.3) is 0 Å². The van der Waals surface area contributed by atoms with Crippen molar-refractivity contribution in [1.82, 2.24) is 9.80 Å². The summed E-state index contributed by atoms with van der Waals surface area (Å²) in [6.45, 7) is 26.1. The molecule has 21 heavy (non-hydrogen) atoms. The molecule has 0 aromatic carbocycles. The monoisotopic (exact) mass is 298 g/mol. The molecule has 0 aromatic rings. The van der Waals surface area contributed by atoms with E-state index in [0.717, 1.165) is 23.7 Å². The number of nitrogens with zero attached hydrogens (tertiary/aromatic N) is 2. The maximum atomic E-state index is 2.66. The van der Waals surface area contributed by atoms with E-state index in [0.29, 0.717) is 0 Å². The highest BCUT2D eigenvalue weighted by molar-refractivity contribution is 4.67. The predicted octanol–water partition coefficient (Wildman–Crippen LogP) is 4.60. The van der Waals surface area contributed by atoms with Gasteiger partial charge in [0.15, 0.2) is 0 Å². The molecule has 0 N–H and O–H groups in total. The third-order valence-electron chi connectivity index (χ3n) is 3.44. The van der Waals surface area contributed by atoms with Crippen LogP contribution in [0.3, 0.4) is 0 Å². The molecule has 128 valence electrons. The zero-order valence-corrected chi connectivity index (χ0v) is 16.2. The fourth-order valence-corrected chi connectivity index (χ4v) is 3.10. The summed E-state index contributed by atoms with van der Waals surface area (Å²) in [7, 11) is 0. The second kappa shape index (κ2) is 11.5. The Balaban J connectivity index is 4.21. The minimum atomic E-state index is 0.770. The summed E-state index contributed by atoms with van der Waals surface area (Å²) in [4.78, 5) is 5.33. The van der Waals surface area contributed by atoms with E-state index in [2.05, 4.69) is 65.2 Å². The Bertz CT molecular complexity index is 190. The smallest absolute Gasteiger partial charge is 0.000450 e. The number of rotatable bonds is 12. The van der Waals surface area contributed by atoms with Crippen LogP contribution in [0.5, 0.6) is 0 Å². The van der Waals surface area contributed by atoms with Crippen LogP contribution in [0, 0.1) is 23.7 Å². The van der Waals surface area contributed by atoms with Crippen LogP contribution < -0.4 is 0 Å². The predicted molar refractivity (Wildman–Crippen MR) is 96.8 cm³/mol. The van der Waals surface area contributed by atoms with E-state index in [9.17, 15) is 0 Å². The average Bonchev–Trinajstić information content (AvgIpc) is 2.24. The average molecular weight is 299 g/mol. The van der Waals surface area contributed by atoms with E-state index >= 15 is 0 Å². The molecular formula is C19H42N2. The molecule has 0 saturated heterocycles. The van der Waals surface area contributed by atoms with Gasteiger partial charge >= 0.3 is 0 Å². The van der Waals surface area contributed by atoms with Crippen molar-refractivity contribution in [1.29, 1.82) is 0 Å². The molecule has 0 aliphatic rings. The van der Waals surface area contributed by atoms with Crippen LogP contribution in [0.2, 0.25) is 0 Å². The molecule has 0 saturated carbocycles. The molecule has 0 bridgehead atoms. The van der Waals surface area contributed by atoms with Gasteiger partial charge in [0, 0.05) is 26.2 Å². The Morgan fingerprint density at radius 3 is 0.905 bits per heavy atom. The van der Waals surface area contributed by atoms with E-state index in [-0.39, 0.29) is 0 Å². The van der Waals surface area contributed by atoms with Crippen LogP contribution in [0.15, 0.2) is 0 Å². The lowest BCUT2D eigenvalue weighted by atomic mass is 10.1. The van der Waals surface area contributed by atoms with E-state index in [1.165, 1.54) is 45.7 Å². The molecule has 2 nitrogen and oxygen atoms in total. The minimum Gasteiger partial charge on any atom is -0.303 e. The normalized spacial score (nSPS) is 12.9. The molecule has 0 radical (unpaired) electrons. The van der Waals surface area contributed by atoms with Crippen LogP contribution in [0.25, 0.3) is 0 Å². The topological polar surface area (TPSA) is 6.48 Å². The second-order valence-corrected chi connectivity index (χ2v) is 8.45. The van der Waals surface area contributed by atoms with Crippen LogP contribution >= 0.6 is 0 Å². The molecule has 0 unspecified atom stereocenters. The first-order chi connectivity index (χ1) is 9.70. The first kappa shape index (κ1) is 20.9. The fraction of sp³-hybridized carbons (Fsp3) is 1.00. The minimum absolute atomic E-state index is 0.770. The van der Waals surface area contributed by atoms with Crippen molar-refractivity contribution in [3.8, 4) is 0 Å². The Labute approximate surface area is 135 Å². The first-order valence-electron chi connectivity index (χ1n) is 9.15. The highest BCUT2D eigenvalue weighted by atomic mass is 15.1. The molecule has 0 aromatic heterocycles. The maximum Gasteiger partial charge on any atom is 0.000450 e. The molecule has 0 fully saturated rings. The lowest BCUT2D eigenvalue weighted by Crippen LogP contribution is -2.36. The quantitative estimate of drug-likeness (QED) is 0.519. The van der Waals surface area contributed by atoms with Gasteiger partial charge in [-0.2, -0.15) is 0 Å². The standard InChI is InChI=1S/C19H42N2/c1-16(2)12-20(13-17(3)4)10-9-11-21(14-18(5)6)15-19(7)8/h16-19H,9-15H2,1-8H3. The second-order valence-electron chi connectivity index (χ2n) is 8.45. The third-order valence-corrected chi connectivity index (χ3v) is 3.44. The Hall–Kier alpha value is -0.0800. The van der Waals surface area contributed by atoms with Gasteiger partial charge in [0.1, 0.15) is 0 Å². The molecule has 0 aliphatic heterocycles. The number of hydrogen-bond donors (Lipinski definition) is 0. The van der Waals surface area contributed by atoms with Crippen molar-refractivity contribution in [2.24, 2.45) is 23.7 Å². The van der Waals surface area contributed by atoms with E-state index in [4.69, 9.17) is 0 Å². The third kappa shape index (κ3) is 13.3. The molecular weight excluding hydrogens is 256 g/mol. The van der Waals surface area contributed by atoms with Crippen LogP contribution in [-0.2, 0) is 0 Å². The highest BCUT2D eigenvalue weighted by Gasteiger charge is 2.12. The van der Waals surface area contributed by atoms with Gasteiger partial charge in [0.05, 0.1) is 0 Å². The van der Waals surface area contributed by atoms with Gasteiger partial charge in [-0.05, 0) is 43.2 Å². The van der Waals surface area contributed by atoms with E-state index < -0.39 is 0 Å². The van der Waals surface area contributed by atoms with Crippen LogP contribution in [0.1, 0.15) is 61.8 Å². The molecule has 0 spiro atoms. The molecule has 0 rings (SSSR count). The molecule has 0 atom stereocenters. The zero-order chi connectivity index (χ0) is 16.4. The van der Waals surface area contributed by atoms with Gasteiger partial charge < -0.3 is 9.80 Å². The Morgan fingerprint density at radius 2 is 0.714 bits per heavy atom. The largest absolute Gasteiger partial charge is 0.303 e. The van der Waals surface area contributed by atoms with E-state index in [1.807, 2.05) is 0 Å². The lowest BCUT2D eigenvalue weighted by molar-refractivity contribution is 0.180. The van der Waals surface area contributed by atoms with Gasteiger partial charge in [-0.25, -0.2) is 0 Å². The summed E-state index contributed by atoms with van der Waals surface area (Å²) < 4.78 is 0. The van der Waals surface area contributed by atoms with Gasteiger partial charge in [0.2, 0.25) is 0 Å². The van der Waals surface area contributed by atoms with Crippen molar-refractivity contribution in [3.05, 3.63) is 0 Å². The summed E-state index contributed by atoms with van der Waals surface area (Å²) in [5.41, 5.74) is 0. The molecule has 2 heteroatoms. The summed E-state index contributed by atoms with van der Waals surface area (Å²) in [6, 6.07) is 0.